The van der Waals surface area contributed by atoms with E-state index in [0.717, 1.165) is 18.1 Å². The molecule has 0 unspecified atom stereocenters. The Morgan fingerprint density at radius 3 is 2.25 bits per heavy atom. The summed E-state index contributed by atoms with van der Waals surface area (Å²) in [6.07, 6.45) is 0. The monoisotopic (exact) mass is 225 g/mol. The molecule has 92 valence electrons. The third-order valence-corrected chi connectivity index (χ3v) is 2.53. The van der Waals surface area contributed by atoms with Gasteiger partial charge in [0.05, 0.1) is 5.60 Å². The third-order valence-electron chi connectivity index (χ3n) is 2.53. The van der Waals surface area contributed by atoms with Gasteiger partial charge in [-0.05, 0) is 32.9 Å². The second kappa shape index (κ2) is 4.60. The van der Waals surface area contributed by atoms with Crippen LogP contribution in [0.4, 0.5) is 0 Å². The van der Waals surface area contributed by atoms with E-state index in [4.69, 9.17) is 4.42 Å². The highest BCUT2D eigenvalue weighted by atomic mass is 16.3. The minimum atomic E-state index is -0.671. The first-order valence-corrected chi connectivity index (χ1v) is 5.71. The largest absolute Gasteiger partial charge is 0.466 e. The highest BCUT2D eigenvalue weighted by Gasteiger charge is 2.24. The Morgan fingerprint density at radius 1 is 1.19 bits per heavy atom. The Labute approximate surface area is 97.9 Å². The fraction of sp³-hybridized carbons (Fsp3) is 0.692. The fourth-order valence-electron chi connectivity index (χ4n) is 1.57. The first-order chi connectivity index (χ1) is 7.21. The maximum absolute atomic E-state index is 9.60. The number of rotatable bonds is 5. The molecule has 0 fully saturated rings. The van der Waals surface area contributed by atoms with Crippen LogP contribution in [0.3, 0.4) is 0 Å². The number of aliphatic hydroxyl groups is 1. The molecular formula is C13H23NO2. The van der Waals surface area contributed by atoms with Crippen molar-refractivity contribution in [2.24, 2.45) is 0 Å². The van der Waals surface area contributed by atoms with Gasteiger partial charge in [0.1, 0.15) is 11.5 Å². The smallest absolute Gasteiger partial charge is 0.111 e. The molecule has 16 heavy (non-hydrogen) atoms. The van der Waals surface area contributed by atoms with E-state index in [-0.39, 0.29) is 5.41 Å². The molecule has 3 heteroatoms. The third kappa shape index (κ3) is 3.99. The van der Waals surface area contributed by atoms with Crippen LogP contribution in [0.2, 0.25) is 0 Å². The molecule has 0 spiro atoms. The number of hydrogen-bond acceptors (Lipinski definition) is 3. The lowest BCUT2D eigenvalue weighted by Gasteiger charge is -2.25. The maximum Gasteiger partial charge on any atom is 0.111 e. The summed E-state index contributed by atoms with van der Waals surface area (Å²) < 4.78 is 5.63. The fourth-order valence-corrected chi connectivity index (χ4v) is 1.57. The summed E-state index contributed by atoms with van der Waals surface area (Å²) in [4.78, 5) is 0. The van der Waals surface area contributed by atoms with E-state index in [1.165, 1.54) is 0 Å². The molecule has 3 nitrogen and oxygen atoms in total. The van der Waals surface area contributed by atoms with Crippen LogP contribution in [0.1, 0.15) is 39.2 Å². The van der Waals surface area contributed by atoms with Crippen LogP contribution in [0, 0.1) is 6.92 Å². The van der Waals surface area contributed by atoms with Crippen molar-refractivity contribution in [3.8, 4) is 0 Å². The van der Waals surface area contributed by atoms with Gasteiger partial charge < -0.3 is 14.8 Å². The molecule has 0 aromatic carbocycles. The molecule has 0 aliphatic carbocycles. The molecule has 0 bridgehead atoms. The van der Waals surface area contributed by atoms with Crippen molar-refractivity contribution in [2.45, 2.75) is 45.6 Å². The van der Waals surface area contributed by atoms with Crippen molar-refractivity contribution in [3.05, 3.63) is 23.7 Å². The molecule has 0 aliphatic heterocycles. The van der Waals surface area contributed by atoms with Crippen molar-refractivity contribution in [1.82, 2.24) is 5.32 Å². The lowest BCUT2D eigenvalue weighted by molar-refractivity contribution is 0.0781. The molecule has 1 heterocycles. The van der Waals surface area contributed by atoms with Gasteiger partial charge in [0, 0.05) is 18.5 Å². The molecule has 1 rings (SSSR count). The SMILES string of the molecule is Cc1ccc(C(C)(C)CNCC(C)(C)O)o1. The summed E-state index contributed by atoms with van der Waals surface area (Å²) >= 11 is 0. The molecule has 1 aromatic rings. The van der Waals surface area contributed by atoms with E-state index >= 15 is 0 Å². The van der Waals surface area contributed by atoms with Crippen LogP contribution in [-0.2, 0) is 5.41 Å². The van der Waals surface area contributed by atoms with Gasteiger partial charge in [-0.3, -0.25) is 0 Å². The summed E-state index contributed by atoms with van der Waals surface area (Å²) in [7, 11) is 0. The number of hydrogen-bond donors (Lipinski definition) is 2. The Balaban J connectivity index is 2.52. The van der Waals surface area contributed by atoms with Gasteiger partial charge in [-0.1, -0.05) is 13.8 Å². The van der Waals surface area contributed by atoms with E-state index in [2.05, 4.69) is 19.2 Å². The van der Waals surface area contributed by atoms with Crippen LogP contribution < -0.4 is 5.32 Å². The van der Waals surface area contributed by atoms with Gasteiger partial charge in [-0.2, -0.15) is 0 Å². The van der Waals surface area contributed by atoms with Crippen LogP contribution in [0.5, 0.6) is 0 Å². The first kappa shape index (κ1) is 13.3. The predicted octanol–water partition coefficient (Wildman–Crippen LogP) is 2.23. The van der Waals surface area contributed by atoms with Gasteiger partial charge >= 0.3 is 0 Å². The highest BCUT2D eigenvalue weighted by Crippen LogP contribution is 2.24. The zero-order valence-electron chi connectivity index (χ0n) is 10.9. The molecule has 0 amide bonds. The number of furan rings is 1. The van der Waals surface area contributed by atoms with Crippen molar-refractivity contribution >= 4 is 0 Å². The quantitative estimate of drug-likeness (QED) is 0.807. The molecule has 0 radical (unpaired) electrons. The Bertz CT molecular complexity index is 334. The van der Waals surface area contributed by atoms with Gasteiger partial charge in [-0.15, -0.1) is 0 Å². The minimum absolute atomic E-state index is 0.0560. The normalized spacial score (nSPS) is 13.1. The van der Waals surface area contributed by atoms with Crippen LogP contribution in [0.25, 0.3) is 0 Å². The Morgan fingerprint density at radius 2 is 1.81 bits per heavy atom. The van der Waals surface area contributed by atoms with Gasteiger partial charge in [-0.25, -0.2) is 0 Å². The van der Waals surface area contributed by atoms with Gasteiger partial charge in [0.15, 0.2) is 0 Å². The summed E-state index contributed by atoms with van der Waals surface area (Å²) in [5, 5.41) is 12.9. The molecule has 0 aliphatic rings. The lowest BCUT2D eigenvalue weighted by Crippen LogP contribution is -2.40. The zero-order valence-corrected chi connectivity index (χ0v) is 10.9. The average Bonchev–Trinajstić information content (AvgIpc) is 2.49. The highest BCUT2D eigenvalue weighted by molar-refractivity contribution is 5.15. The van der Waals surface area contributed by atoms with Crippen LogP contribution in [0.15, 0.2) is 16.5 Å². The maximum atomic E-state index is 9.60. The van der Waals surface area contributed by atoms with Crippen LogP contribution >= 0.6 is 0 Å². The summed E-state index contributed by atoms with van der Waals surface area (Å²) in [5.41, 5.74) is -0.728. The topological polar surface area (TPSA) is 45.4 Å². The first-order valence-electron chi connectivity index (χ1n) is 5.71. The van der Waals surface area contributed by atoms with Crippen LogP contribution in [-0.4, -0.2) is 23.8 Å². The van der Waals surface area contributed by atoms with Crippen molar-refractivity contribution < 1.29 is 9.52 Å². The van der Waals surface area contributed by atoms with E-state index in [1.54, 1.807) is 13.8 Å². The molecular weight excluding hydrogens is 202 g/mol. The van der Waals surface area contributed by atoms with E-state index in [9.17, 15) is 5.11 Å². The number of aryl methyl sites for hydroxylation is 1. The van der Waals surface area contributed by atoms with Crippen molar-refractivity contribution in [1.29, 1.82) is 0 Å². The van der Waals surface area contributed by atoms with Crippen molar-refractivity contribution in [2.75, 3.05) is 13.1 Å². The summed E-state index contributed by atoms with van der Waals surface area (Å²) in [6.45, 7) is 11.2. The van der Waals surface area contributed by atoms with Crippen molar-refractivity contribution in [3.63, 3.8) is 0 Å². The van der Waals surface area contributed by atoms with Gasteiger partial charge in [0.2, 0.25) is 0 Å². The van der Waals surface area contributed by atoms with E-state index < -0.39 is 5.60 Å². The molecule has 0 saturated carbocycles. The predicted molar refractivity (Wildman–Crippen MR) is 65.6 cm³/mol. The molecule has 1 aromatic heterocycles. The lowest BCUT2D eigenvalue weighted by atomic mass is 9.90. The molecule has 0 saturated heterocycles. The Kier molecular flexibility index (Phi) is 3.81. The minimum Gasteiger partial charge on any atom is -0.466 e. The second-order valence-electron chi connectivity index (χ2n) is 5.71. The average molecular weight is 225 g/mol. The van der Waals surface area contributed by atoms with E-state index in [1.807, 2.05) is 19.1 Å². The zero-order chi connectivity index (χ0) is 12.4. The molecule has 2 N–H and O–H groups in total. The summed E-state index contributed by atoms with van der Waals surface area (Å²) in [5.74, 6) is 1.92. The second-order valence-corrected chi connectivity index (χ2v) is 5.71. The van der Waals surface area contributed by atoms with Gasteiger partial charge in [0.25, 0.3) is 0 Å². The standard InChI is InChI=1S/C13H23NO2/c1-10-6-7-11(16-10)12(2,3)8-14-9-13(4,5)15/h6-7,14-15H,8-9H2,1-5H3. The summed E-state index contributed by atoms with van der Waals surface area (Å²) in [6, 6.07) is 3.99. The Hall–Kier alpha value is -0.800. The molecule has 0 atom stereocenters. The number of nitrogens with one attached hydrogen (secondary N) is 1. The van der Waals surface area contributed by atoms with E-state index in [0.29, 0.717) is 6.54 Å².